The number of rotatable bonds is 2. The Kier molecular flexibility index (Phi) is 2.97. The average Bonchev–Trinajstić information content (AvgIpc) is 2.23. The van der Waals surface area contributed by atoms with E-state index in [1.165, 1.54) is 5.56 Å². The van der Waals surface area contributed by atoms with Crippen molar-refractivity contribution < 1.29 is 4.79 Å². The smallest absolute Gasteiger partial charge is 0.237 e. The van der Waals surface area contributed by atoms with Gasteiger partial charge in [-0.25, -0.2) is 0 Å². The van der Waals surface area contributed by atoms with E-state index in [0.717, 1.165) is 13.0 Å². The van der Waals surface area contributed by atoms with E-state index in [1.54, 1.807) is 0 Å². The number of nitrogens with one attached hydrogen (secondary N) is 2. The highest BCUT2D eigenvalue weighted by atomic mass is 16.2. The van der Waals surface area contributed by atoms with Crippen molar-refractivity contribution in [3.63, 3.8) is 0 Å². The highest BCUT2D eigenvalue weighted by Gasteiger charge is 2.31. The fourth-order valence-corrected chi connectivity index (χ4v) is 1.95. The number of hydrogen-bond donors (Lipinski definition) is 2. The Morgan fingerprint density at radius 3 is 2.62 bits per heavy atom. The van der Waals surface area contributed by atoms with Crippen LogP contribution in [0.1, 0.15) is 19.4 Å². The van der Waals surface area contributed by atoms with Crippen LogP contribution in [0.2, 0.25) is 0 Å². The maximum absolute atomic E-state index is 11.8. The van der Waals surface area contributed by atoms with Crippen molar-refractivity contribution in [3.05, 3.63) is 35.9 Å². The summed E-state index contributed by atoms with van der Waals surface area (Å²) in [7, 11) is 0. The molecule has 1 aromatic carbocycles. The molecule has 0 saturated carbocycles. The fraction of sp³-hybridized carbons (Fsp3) is 0.462. The molecule has 3 nitrogen and oxygen atoms in total. The molecule has 1 amide bonds. The van der Waals surface area contributed by atoms with Crippen molar-refractivity contribution in [2.75, 3.05) is 6.54 Å². The first-order chi connectivity index (χ1) is 7.57. The molecule has 1 atom stereocenters. The monoisotopic (exact) mass is 218 g/mol. The summed E-state index contributed by atoms with van der Waals surface area (Å²) in [6.07, 6.45) is 0.753. The van der Waals surface area contributed by atoms with E-state index in [2.05, 4.69) is 22.8 Å². The van der Waals surface area contributed by atoms with Crippen LogP contribution in [0.3, 0.4) is 0 Å². The summed E-state index contributed by atoms with van der Waals surface area (Å²) in [4.78, 5) is 11.8. The molecule has 3 heteroatoms. The van der Waals surface area contributed by atoms with Gasteiger partial charge in [-0.3, -0.25) is 4.79 Å². The minimum absolute atomic E-state index is 0.0973. The third-order valence-corrected chi connectivity index (χ3v) is 2.85. The lowest BCUT2D eigenvalue weighted by molar-refractivity contribution is -0.126. The number of piperazine rings is 1. The zero-order valence-electron chi connectivity index (χ0n) is 9.79. The molecular weight excluding hydrogens is 200 g/mol. The van der Waals surface area contributed by atoms with Crippen LogP contribution in [0.4, 0.5) is 0 Å². The van der Waals surface area contributed by atoms with Gasteiger partial charge in [-0.05, 0) is 25.8 Å². The fourth-order valence-electron chi connectivity index (χ4n) is 1.95. The number of carbonyl (C=O) groups excluding carboxylic acids is 1. The Bertz CT molecular complexity index is 373. The van der Waals surface area contributed by atoms with Crippen molar-refractivity contribution in [3.8, 4) is 0 Å². The molecule has 2 rings (SSSR count). The van der Waals surface area contributed by atoms with Crippen molar-refractivity contribution >= 4 is 5.91 Å². The average molecular weight is 218 g/mol. The van der Waals surface area contributed by atoms with Crippen LogP contribution in [0.25, 0.3) is 0 Å². The molecule has 0 aromatic heterocycles. The summed E-state index contributed by atoms with van der Waals surface area (Å²) >= 11 is 0. The summed E-state index contributed by atoms with van der Waals surface area (Å²) in [5.41, 5.74) is 1.06. The largest absolute Gasteiger partial charge is 0.349 e. The van der Waals surface area contributed by atoms with Gasteiger partial charge in [-0.1, -0.05) is 30.3 Å². The lowest BCUT2D eigenvalue weighted by atomic mass is 9.97. The van der Waals surface area contributed by atoms with E-state index in [0.29, 0.717) is 0 Å². The Labute approximate surface area is 96.2 Å². The predicted octanol–water partition coefficient (Wildman–Crippen LogP) is 1.10. The van der Waals surface area contributed by atoms with Gasteiger partial charge in [0, 0.05) is 12.1 Å². The van der Waals surface area contributed by atoms with Gasteiger partial charge >= 0.3 is 0 Å². The first kappa shape index (κ1) is 11.1. The van der Waals surface area contributed by atoms with E-state index in [9.17, 15) is 4.79 Å². The molecule has 86 valence electrons. The zero-order valence-corrected chi connectivity index (χ0v) is 9.79. The molecule has 0 aliphatic carbocycles. The molecule has 0 radical (unpaired) electrons. The maximum atomic E-state index is 11.8. The van der Waals surface area contributed by atoms with Gasteiger partial charge in [-0.2, -0.15) is 0 Å². The summed E-state index contributed by atoms with van der Waals surface area (Å²) < 4.78 is 0. The summed E-state index contributed by atoms with van der Waals surface area (Å²) in [5.74, 6) is 0.0973. The van der Waals surface area contributed by atoms with Crippen LogP contribution >= 0.6 is 0 Å². The summed E-state index contributed by atoms with van der Waals surface area (Å²) in [6, 6.07) is 9.99. The Balaban J connectivity index is 2.00. The van der Waals surface area contributed by atoms with Gasteiger partial charge in [0.25, 0.3) is 0 Å². The van der Waals surface area contributed by atoms with E-state index in [1.807, 2.05) is 32.0 Å². The molecule has 2 N–H and O–H groups in total. The third kappa shape index (κ3) is 2.61. The molecule has 1 aliphatic heterocycles. The molecule has 1 heterocycles. The third-order valence-electron chi connectivity index (χ3n) is 2.85. The standard InChI is InChI=1S/C13H18N2O/c1-13(2)9-14-11(12(16)15-13)8-10-6-4-3-5-7-10/h3-7,11,14H,8-9H2,1-2H3,(H,15,16)/t11-/m0/s1. The minimum atomic E-state index is -0.135. The normalized spacial score (nSPS) is 23.9. The maximum Gasteiger partial charge on any atom is 0.237 e. The van der Waals surface area contributed by atoms with Crippen molar-refractivity contribution in [2.45, 2.75) is 31.8 Å². The number of benzene rings is 1. The van der Waals surface area contributed by atoms with Crippen LogP contribution < -0.4 is 10.6 Å². The van der Waals surface area contributed by atoms with Crippen LogP contribution in [0.15, 0.2) is 30.3 Å². The van der Waals surface area contributed by atoms with Crippen molar-refractivity contribution in [2.24, 2.45) is 0 Å². The SMILES string of the molecule is CC1(C)CN[C@@H](Cc2ccccc2)C(=O)N1. The highest BCUT2D eigenvalue weighted by Crippen LogP contribution is 2.10. The molecule has 0 bridgehead atoms. The predicted molar refractivity (Wildman–Crippen MR) is 64.2 cm³/mol. The van der Waals surface area contributed by atoms with Gasteiger partial charge < -0.3 is 10.6 Å². The second-order valence-corrected chi connectivity index (χ2v) is 5.00. The number of carbonyl (C=O) groups is 1. The van der Waals surface area contributed by atoms with Crippen LogP contribution in [0.5, 0.6) is 0 Å². The van der Waals surface area contributed by atoms with Crippen LogP contribution in [-0.4, -0.2) is 24.0 Å². The van der Waals surface area contributed by atoms with E-state index >= 15 is 0 Å². The van der Waals surface area contributed by atoms with Gasteiger partial charge in [0.15, 0.2) is 0 Å². The highest BCUT2D eigenvalue weighted by molar-refractivity contribution is 5.83. The zero-order chi connectivity index (χ0) is 11.6. The van der Waals surface area contributed by atoms with E-state index < -0.39 is 0 Å². The summed E-state index contributed by atoms with van der Waals surface area (Å²) in [6.45, 7) is 4.86. The van der Waals surface area contributed by atoms with Gasteiger partial charge in [-0.15, -0.1) is 0 Å². The van der Waals surface area contributed by atoms with Crippen molar-refractivity contribution in [1.29, 1.82) is 0 Å². The van der Waals surface area contributed by atoms with E-state index in [4.69, 9.17) is 0 Å². The molecule has 0 spiro atoms. The van der Waals surface area contributed by atoms with E-state index in [-0.39, 0.29) is 17.5 Å². The first-order valence-electron chi connectivity index (χ1n) is 5.66. The molecule has 1 fully saturated rings. The molecule has 1 aromatic rings. The molecule has 0 unspecified atom stereocenters. The quantitative estimate of drug-likeness (QED) is 0.780. The lowest BCUT2D eigenvalue weighted by Gasteiger charge is -2.36. The second-order valence-electron chi connectivity index (χ2n) is 5.00. The number of hydrogen-bond acceptors (Lipinski definition) is 2. The molecule has 1 saturated heterocycles. The molecular formula is C13H18N2O. The van der Waals surface area contributed by atoms with Gasteiger partial charge in [0.05, 0.1) is 6.04 Å². The van der Waals surface area contributed by atoms with Gasteiger partial charge in [0.1, 0.15) is 0 Å². The first-order valence-corrected chi connectivity index (χ1v) is 5.66. The second kappa shape index (κ2) is 4.26. The van der Waals surface area contributed by atoms with Crippen molar-refractivity contribution in [1.82, 2.24) is 10.6 Å². The van der Waals surface area contributed by atoms with Crippen LogP contribution in [0, 0.1) is 0 Å². The molecule has 1 aliphatic rings. The Hall–Kier alpha value is -1.35. The van der Waals surface area contributed by atoms with Crippen LogP contribution in [-0.2, 0) is 11.2 Å². The topological polar surface area (TPSA) is 41.1 Å². The Morgan fingerprint density at radius 1 is 1.31 bits per heavy atom. The Morgan fingerprint density at radius 2 is 2.00 bits per heavy atom. The summed E-state index contributed by atoms with van der Waals surface area (Å²) in [5, 5.41) is 6.32. The molecule has 16 heavy (non-hydrogen) atoms. The van der Waals surface area contributed by atoms with Gasteiger partial charge in [0.2, 0.25) is 5.91 Å². The minimum Gasteiger partial charge on any atom is -0.349 e. The lowest BCUT2D eigenvalue weighted by Crippen LogP contribution is -2.63. The number of amides is 1.